The van der Waals surface area contributed by atoms with E-state index >= 15 is 4.39 Å². The predicted molar refractivity (Wildman–Crippen MR) is 140 cm³/mol. The van der Waals surface area contributed by atoms with E-state index in [0.29, 0.717) is 52.7 Å². The van der Waals surface area contributed by atoms with Gasteiger partial charge in [0.25, 0.3) is 5.56 Å². The van der Waals surface area contributed by atoms with Crippen LogP contribution in [0.15, 0.2) is 41.2 Å². The van der Waals surface area contributed by atoms with Crippen LogP contribution in [0.25, 0.3) is 33.3 Å². The maximum atomic E-state index is 15.5. The van der Waals surface area contributed by atoms with Gasteiger partial charge in [-0.15, -0.1) is 0 Å². The summed E-state index contributed by atoms with van der Waals surface area (Å²) in [5.41, 5.74) is 3.63. The summed E-state index contributed by atoms with van der Waals surface area (Å²) in [5, 5.41) is 4.38. The van der Waals surface area contributed by atoms with Crippen molar-refractivity contribution in [1.82, 2.24) is 19.9 Å². The van der Waals surface area contributed by atoms with Crippen molar-refractivity contribution in [2.45, 2.75) is 32.7 Å². The highest BCUT2D eigenvalue weighted by molar-refractivity contribution is 6.00. The summed E-state index contributed by atoms with van der Waals surface area (Å²) in [7, 11) is 0. The van der Waals surface area contributed by atoms with E-state index in [1.807, 2.05) is 43.0 Å². The van der Waals surface area contributed by atoms with Crippen LogP contribution >= 0.6 is 0 Å². The smallest absolute Gasteiger partial charge is 0.261 e. The lowest BCUT2D eigenvalue weighted by Gasteiger charge is -2.45. The van der Waals surface area contributed by atoms with E-state index in [0.717, 1.165) is 43.5 Å². The lowest BCUT2D eigenvalue weighted by Crippen LogP contribution is -2.53. The summed E-state index contributed by atoms with van der Waals surface area (Å²) < 4.78 is 15.5. The average Bonchev–Trinajstić information content (AvgIpc) is 3.30. The maximum Gasteiger partial charge on any atom is 0.261 e. The number of fused-ring (bicyclic) bond motifs is 5. The van der Waals surface area contributed by atoms with Gasteiger partial charge in [-0.05, 0) is 70.0 Å². The zero-order valence-electron chi connectivity index (χ0n) is 20.2. The van der Waals surface area contributed by atoms with Crippen molar-refractivity contribution >= 4 is 33.3 Å². The average molecular weight is 475 g/mol. The van der Waals surface area contributed by atoms with E-state index in [1.54, 1.807) is 12.1 Å². The summed E-state index contributed by atoms with van der Waals surface area (Å²) in [4.78, 5) is 29.0. The monoisotopic (exact) mass is 474 g/mol. The second-order valence-corrected chi connectivity index (χ2v) is 9.72. The molecule has 3 N–H and O–H groups in total. The fourth-order valence-electron chi connectivity index (χ4n) is 5.87. The molecule has 0 aliphatic carbocycles. The summed E-state index contributed by atoms with van der Waals surface area (Å²) in [6.07, 6.45) is 2.28. The number of H-pyrrole nitrogens is 2. The third kappa shape index (κ3) is 3.76. The molecule has 35 heavy (non-hydrogen) atoms. The Morgan fingerprint density at radius 2 is 1.89 bits per heavy atom. The molecule has 0 saturated carbocycles. The summed E-state index contributed by atoms with van der Waals surface area (Å²) in [6, 6.07) is 11.3. The molecule has 0 unspecified atom stereocenters. The van der Waals surface area contributed by atoms with Crippen molar-refractivity contribution in [3.8, 4) is 11.4 Å². The minimum Gasteiger partial charge on any atom is -0.379 e. The highest BCUT2D eigenvalue weighted by Gasteiger charge is 2.35. The van der Waals surface area contributed by atoms with Gasteiger partial charge in [0.05, 0.1) is 27.9 Å². The Bertz CT molecular complexity index is 1410. The quantitative estimate of drug-likeness (QED) is 0.382. The molecule has 3 aliphatic rings. The number of benzene rings is 2. The van der Waals surface area contributed by atoms with Gasteiger partial charge >= 0.3 is 0 Å². The number of hydrogen-bond donors (Lipinski definition) is 3. The summed E-state index contributed by atoms with van der Waals surface area (Å²) in [5.74, 6) is 0.741. The van der Waals surface area contributed by atoms with Crippen molar-refractivity contribution in [3.05, 3.63) is 52.6 Å². The molecule has 4 aromatic rings. The number of hydrogen-bond acceptors (Lipinski definition) is 5. The molecular formula is C27H31FN6O. The number of piperidine rings is 3. The topological polar surface area (TPSA) is 80.0 Å². The minimum atomic E-state index is -0.291. The van der Waals surface area contributed by atoms with E-state index in [2.05, 4.69) is 20.2 Å². The Morgan fingerprint density at radius 1 is 1.11 bits per heavy atom. The van der Waals surface area contributed by atoms with E-state index in [1.165, 1.54) is 0 Å². The van der Waals surface area contributed by atoms with E-state index in [4.69, 9.17) is 4.98 Å². The van der Waals surface area contributed by atoms with Crippen molar-refractivity contribution < 1.29 is 4.39 Å². The Hall–Kier alpha value is -3.39. The standard InChI is InChI=1S/C27H31FN6O/c1-3-34(4-2)23-14-21-17(13-18(23)28)25(29-22-15-33-11-9-16(22)10-12-33)24(27(35)32-21)26-30-19-7-5-6-8-20(19)31-26/h5-8,13-14,16,22H,3-4,9-12,15H2,1-2H3,(H,30,31)(H2,29,32,35)/t22-/m0/s1. The molecule has 2 aromatic heterocycles. The molecule has 182 valence electrons. The van der Waals surface area contributed by atoms with Gasteiger partial charge in [0.15, 0.2) is 0 Å². The van der Waals surface area contributed by atoms with Crippen LogP contribution in [0.2, 0.25) is 0 Å². The number of halogens is 1. The van der Waals surface area contributed by atoms with Crippen LogP contribution in [-0.2, 0) is 0 Å². The fourth-order valence-corrected chi connectivity index (χ4v) is 5.87. The van der Waals surface area contributed by atoms with Crippen molar-refractivity contribution in [1.29, 1.82) is 0 Å². The molecule has 0 spiro atoms. The van der Waals surface area contributed by atoms with Crippen molar-refractivity contribution in [2.75, 3.05) is 42.9 Å². The van der Waals surface area contributed by atoms with Crippen LogP contribution in [0.5, 0.6) is 0 Å². The molecule has 0 amide bonds. The third-order valence-corrected chi connectivity index (χ3v) is 7.80. The van der Waals surface area contributed by atoms with Gasteiger partial charge in [0.1, 0.15) is 17.2 Å². The molecule has 7 rings (SSSR count). The number of para-hydroxylation sites is 2. The van der Waals surface area contributed by atoms with Gasteiger partial charge in [-0.25, -0.2) is 9.37 Å². The Kier molecular flexibility index (Phi) is 5.48. The molecule has 8 heteroatoms. The van der Waals surface area contributed by atoms with Crippen molar-refractivity contribution in [2.24, 2.45) is 5.92 Å². The lowest BCUT2D eigenvalue weighted by atomic mass is 9.83. The second kappa shape index (κ2) is 8.68. The van der Waals surface area contributed by atoms with E-state index in [-0.39, 0.29) is 17.4 Å². The Balaban J connectivity index is 1.56. The second-order valence-electron chi connectivity index (χ2n) is 9.72. The number of aromatic nitrogens is 3. The zero-order valence-corrected chi connectivity index (χ0v) is 20.2. The molecule has 5 heterocycles. The van der Waals surface area contributed by atoms with Gasteiger partial charge in [-0.2, -0.15) is 0 Å². The Morgan fingerprint density at radius 3 is 2.57 bits per heavy atom. The first-order valence-electron chi connectivity index (χ1n) is 12.6. The van der Waals surface area contributed by atoms with Crippen LogP contribution in [0.3, 0.4) is 0 Å². The Labute approximate surface area is 203 Å². The summed E-state index contributed by atoms with van der Waals surface area (Å²) in [6.45, 7) is 8.55. The van der Waals surface area contributed by atoms with Gasteiger partial charge < -0.3 is 25.1 Å². The minimum absolute atomic E-state index is 0.205. The SMILES string of the molecule is CCN(CC)c1cc2[nH]c(=O)c(-c3nc4ccccc4[nH]3)c(N[C@H]3CN4CCC3CC4)c2cc1F. The maximum absolute atomic E-state index is 15.5. The molecule has 2 aromatic carbocycles. The van der Waals surface area contributed by atoms with Gasteiger partial charge in [0.2, 0.25) is 0 Å². The van der Waals surface area contributed by atoms with Crippen LogP contribution in [0, 0.1) is 11.7 Å². The number of aromatic amines is 2. The first-order valence-corrected chi connectivity index (χ1v) is 12.6. The number of nitrogens with zero attached hydrogens (tertiary/aromatic N) is 3. The molecule has 3 saturated heterocycles. The largest absolute Gasteiger partial charge is 0.379 e. The van der Waals surface area contributed by atoms with Gasteiger partial charge in [0, 0.05) is 31.1 Å². The van der Waals surface area contributed by atoms with Crippen molar-refractivity contribution in [3.63, 3.8) is 0 Å². The molecule has 7 nitrogen and oxygen atoms in total. The van der Waals surface area contributed by atoms with Crippen LogP contribution < -0.4 is 15.8 Å². The first kappa shape index (κ1) is 22.1. The molecule has 0 radical (unpaired) electrons. The van der Waals surface area contributed by atoms with E-state index in [9.17, 15) is 4.79 Å². The van der Waals surface area contributed by atoms with Crippen LogP contribution in [0.4, 0.5) is 15.8 Å². The highest BCUT2D eigenvalue weighted by atomic mass is 19.1. The van der Waals surface area contributed by atoms with Gasteiger partial charge in [-0.1, -0.05) is 12.1 Å². The normalized spacial score (nSPS) is 21.6. The van der Waals surface area contributed by atoms with Crippen LogP contribution in [-0.4, -0.2) is 58.6 Å². The molecule has 3 aliphatic heterocycles. The molecule has 3 fully saturated rings. The van der Waals surface area contributed by atoms with E-state index < -0.39 is 0 Å². The molecule has 2 bridgehead atoms. The number of anilines is 2. The summed E-state index contributed by atoms with van der Waals surface area (Å²) >= 11 is 0. The predicted octanol–water partition coefficient (Wildman–Crippen LogP) is 4.56. The lowest BCUT2D eigenvalue weighted by molar-refractivity contribution is 0.0976. The molecule has 1 atom stereocenters. The highest BCUT2D eigenvalue weighted by Crippen LogP contribution is 2.37. The van der Waals surface area contributed by atoms with Crippen LogP contribution in [0.1, 0.15) is 26.7 Å². The number of imidazole rings is 1. The number of nitrogens with one attached hydrogen (secondary N) is 3. The van der Waals surface area contributed by atoms with Gasteiger partial charge in [-0.3, -0.25) is 4.79 Å². The number of pyridine rings is 1. The third-order valence-electron chi connectivity index (χ3n) is 7.80. The fraction of sp³-hybridized carbons (Fsp3) is 0.407. The number of rotatable bonds is 6. The zero-order chi connectivity index (χ0) is 24.1. The molecular weight excluding hydrogens is 443 g/mol. The first-order chi connectivity index (χ1) is 17.1.